The number of anilines is 2. The Bertz CT molecular complexity index is 663. The van der Waals surface area contributed by atoms with Crippen LogP contribution >= 0.6 is 0 Å². The van der Waals surface area contributed by atoms with E-state index < -0.39 is 17.7 Å². The third-order valence-corrected chi connectivity index (χ3v) is 2.90. The summed E-state index contributed by atoms with van der Waals surface area (Å²) in [6, 6.07) is 4.43. The number of aryl methyl sites for hydroxylation is 1. The number of aromatic amines is 1. The van der Waals surface area contributed by atoms with Gasteiger partial charge in [0.05, 0.1) is 12.2 Å². The standard InChI is InChI=1S/C14H14F3N3O2/c1-3-22-13(21)11-8(2)19-20-12(11)18-10-6-4-9(5-7-10)14(15,16)17/h4-7H,3H2,1-2H3,(H2,18,19,20). The summed E-state index contributed by atoms with van der Waals surface area (Å²) in [5.41, 5.74) is 0.363. The highest BCUT2D eigenvalue weighted by molar-refractivity contribution is 5.96. The fraction of sp³-hybridized carbons (Fsp3) is 0.286. The lowest BCUT2D eigenvalue weighted by Crippen LogP contribution is -2.08. The molecule has 0 aliphatic heterocycles. The summed E-state index contributed by atoms with van der Waals surface area (Å²) in [6.45, 7) is 3.54. The average molecular weight is 313 g/mol. The van der Waals surface area contributed by atoms with Gasteiger partial charge >= 0.3 is 12.1 Å². The second-order valence-corrected chi connectivity index (χ2v) is 4.49. The molecule has 1 heterocycles. The van der Waals surface area contributed by atoms with Gasteiger partial charge in [0.2, 0.25) is 0 Å². The van der Waals surface area contributed by atoms with Crippen molar-refractivity contribution in [3.63, 3.8) is 0 Å². The molecule has 5 nitrogen and oxygen atoms in total. The van der Waals surface area contributed by atoms with E-state index in [0.29, 0.717) is 11.4 Å². The van der Waals surface area contributed by atoms with E-state index in [0.717, 1.165) is 12.1 Å². The number of carbonyl (C=O) groups is 1. The highest BCUT2D eigenvalue weighted by atomic mass is 19.4. The zero-order chi connectivity index (χ0) is 16.3. The molecule has 2 rings (SSSR count). The van der Waals surface area contributed by atoms with E-state index in [1.807, 2.05) is 0 Å². The average Bonchev–Trinajstić information content (AvgIpc) is 2.79. The molecule has 1 aromatic carbocycles. The van der Waals surface area contributed by atoms with E-state index in [2.05, 4.69) is 15.5 Å². The van der Waals surface area contributed by atoms with Gasteiger partial charge in [-0.2, -0.15) is 18.3 Å². The van der Waals surface area contributed by atoms with E-state index in [9.17, 15) is 18.0 Å². The summed E-state index contributed by atoms with van der Waals surface area (Å²) in [6.07, 6.45) is -4.39. The Labute approximate surface area is 124 Å². The highest BCUT2D eigenvalue weighted by Gasteiger charge is 2.30. The number of nitrogens with one attached hydrogen (secondary N) is 2. The molecule has 0 unspecified atom stereocenters. The summed E-state index contributed by atoms with van der Waals surface area (Å²) in [5.74, 6) is -0.348. The van der Waals surface area contributed by atoms with Crippen LogP contribution in [0.1, 0.15) is 28.5 Å². The fourth-order valence-electron chi connectivity index (χ4n) is 1.85. The molecule has 22 heavy (non-hydrogen) atoms. The number of hydrogen-bond donors (Lipinski definition) is 2. The largest absolute Gasteiger partial charge is 0.462 e. The SMILES string of the molecule is CCOC(=O)c1c(Nc2ccc(C(F)(F)F)cc2)n[nH]c1C. The molecule has 0 saturated heterocycles. The van der Waals surface area contributed by atoms with Crippen LogP contribution in [0.5, 0.6) is 0 Å². The maximum atomic E-state index is 12.5. The number of benzene rings is 1. The normalized spacial score (nSPS) is 11.3. The topological polar surface area (TPSA) is 67.0 Å². The number of rotatable bonds is 4. The Morgan fingerprint density at radius 1 is 1.32 bits per heavy atom. The minimum atomic E-state index is -4.39. The van der Waals surface area contributed by atoms with Gasteiger partial charge in [0.15, 0.2) is 5.82 Å². The number of nitrogens with zero attached hydrogens (tertiary/aromatic N) is 1. The minimum Gasteiger partial charge on any atom is -0.462 e. The predicted molar refractivity (Wildman–Crippen MR) is 74.0 cm³/mol. The summed E-state index contributed by atoms with van der Waals surface area (Å²) >= 11 is 0. The lowest BCUT2D eigenvalue weighted by Gasteiger charge is -2.09. The molecule has 118 valence electrons. The Balaban J connectivity index is 2.23. The van der Waals surface area contributed by atoms with E-state index >= 15 is 0 Å². The molecule has 0 aliphatic rings. The molecule has 8 heteroatoms. The smallest absolute Gasteiger partial charge is 0.416 e. The second kappa shape index (κ2) is 6.08. The van der Waals surface area contributed by atoms with Crippen molar-refractivity contribution in [2.24, 2.45) is 0 Å². The molecular formula is C14H14F3N3O2. The number of esters is 1. The first-order chi connectivity index (χ1) is 10.3. The van der Waals surface area contributed by atoms with Crippen molar-refractivity contribution in [1.29, 1.82) is 0 Å². The monoisotopic (exact) mass is 313 g/mol. The van der Waals surface area contributed by atoms with Crippen molar-refractivity contribution in [3.05, 3.63) is 41.1 Å². The molecule has 0 fully saturated rings. The second-order valence-electron chi connectivity index (χ2n) is 4.49. The van der Waals surface area contributed by atoms with Crippen LogP contribution < -0.4 is 5.32 Å². The van der Waals surface area contributed by atoms with Crippen LogP contribution in [-0.4, -0.2) is 22.8 Å². The first-order valence-corrected chi connectivity index (χ1v) is 6.49. The lowest BCUT2D eigenvalue weighted by atomic mass is 10.2. The maximum Gasteiger partial charge on any atom is 0.416 e. The van der Waals surface area contributed by atoms with Crippen molar-refractivity contribution in [1.82, 2.24) is 10.2 Å². The maximum absolute atomic E-state index is 12.5. The third-order valence-electron chi connectivity index (χ3n) is 2.90. The zero-order valence-corrected chi connectivity index (χ0v) is 11.9. The number of halogens is 3. The quantitative estimate of drug-likeness (QED) is 0.845. The van der Waals surface area contributed by atoms with Crippen LogP contribution in [0.2, 0.25) is 0 Å². The van der Waals surface area contributed by atoms with E-state index in [-0.39, 0.29) is 18.0 Å². The van der Waals surface area contributed by atoms with E-state index in [1.54, 1.807) is 13.8 Å². The van der Waals surface area contributed by atoms with Crippen molar-refractivity contribution in [3.8, 4) is 0 Å². The molecule has 0 atom stereocenters. The minimum absolute atomic E-state index is 0.204. The molecule has 0 aliphatic carbocycles. The molecule has 0 spiro atoms. The van der Waals surface area contributed by atoms with Gasteiger partial charge in [0.1, 0.15) is 5.56 Å². The molecule has 2 N–H and O–H groups in total. The summed E-state index contributed by atoms with van der Waals surface area (Å²) in [5, 5.41) is 9.37. The predicted octanol–water partition coefficient (Wildman–Crippen LogP) is 3.66. The number of alkyl halides is 3. The number of H-pyrrole nitrogens is 1. The highest BCUT2D eigenvalue weighted by Crippen LogP contribution is 2.30. The molecule has 0 amide bonds. The third kappa shape index (κ3) is 3.38. The van der Waals surface area contributed by atoms with E-state index in [4.69, 9.17) is 4.74 Å². The lowest BCUT2D eigenvalue weighted by molar-refractivity contribution is -0.137. The van der Waals surface area contributed by atoms with Crippen molar-refractivity contribution in [2.75, 3.05) is 11.9 Å². The van der Waals surface area contributed by atoms with Gasteiger partial charge in [-0.05, 0) is 38.1 Å². The molecular weight excluding hydrogens is 299 g/mol. The molecule has 1 aromatic heterocycles. The van der Waals surface area contributed by atoms with Crippen LogP contribution in [0.15, 0.2) is 24.3 Å². The molecule has 0 radical (unpaired) electrons. The molecule has 2 aromatic rings. The first-order valence-electron chi connectivity index (χ1n) is 6.49. The van der Waals surface area contributed by atoms with Crippen LogP contribution in [0, 0.1) is 6.92 Å². The summed E-state index contributed by atoms with van der Waals surface area (Å²) < 4.78 is 42.4. The van der Waals surface area contributed by atoms with Crippen molar-refractivity contribution in [2.45, 2.75) is 20.0 Å². The van der Waals surface area contributed by atoms with E-state index in [1.165, 1.54) is 12.1 Å². The Hall–Kier alpha value is -2.51. The Morgan fingerprint density at radius 3 is 2.50 bits per heavy atom. The first kappa shape index (κ1) is 15.9. The van der Waals surface area contributed by atoms with Crippen LogP contribution in [-0.2, 0) is 10.9 Å². The Kier molecular flexibility index (Phi) is 4.39. The Morgan fingerprint density at radius 2 is 1.95 bits per heavy atom. The van der Waals surface area contributed by atoms with Gasteiger partial charge in [-0.15, -0.1) is 0 Å². The van der Waals surface area contributed by atoms with Gasteiger partial charge in [-0.25, -0.2) is 4.79 Å². The van der Waals surface area contributed by atoms with Crippen LogP contribution in [0.4, 0.5) is 24.7 Å². The summed E-state index contributed by atoms with van der Waals surface area (Å²) in [4.78, 5) is 11.9. The van der Waals surface area contributed by atoms with Gasteiger partial charge in [-0.1, -0.05) is 0 Å². The summed E-state index contributed by atoms with van der Waals surface area (Å²) in [7, 11) is 0. The van der Waals surface area contributed by atoms with Crippen molar-refractivity contribution >= 4 is 17.5 Å². The zero-order valence-electron chi connectivity index (χ0n) is 11.9. The van der Waals surface area contributed by atoms with Gasteiger partial charge in [-0.3, -0.25) is 5.10 Å². The molecule has 0 bridgehead atoms. The van der Waals surface area contributed by atoms with Crippen LogP contribution in [0.3, 0.4) is 0 Å². The number of carbonyl (C=O) groups excluding carboxylic acids is 1. The number of hydrogen-bond acceptors (Lipinski definition) is 4. The van der Waals surface area contributed by atoms with Crippen molar-refractivity contribution < 1.29 is 22.7 Å². The molecule has 0 saturated carbocycles. The van der Waals surface area contributed by atoms with Gasteiger partial charge in [0.25, 0.3) is 0 Å². The number of aromatic nitrogens is 2. The number of ether oxygens (including phenoxy) is 1. The van der Waals surface area contributed by atoms with Gasteiger partial charge < -0.3 is 10.1 Å². The fourth-order valence-corrected chi connectivity index (χ4v) is 1.85. The van der Waals surface area contributed by atoms with Crippen LogP contribution in [0.25, 0.3) is 0 Å². The van der Waals surface area contributed by atoms with Gasteiger partial charge in [0, 0.05) is 11.4 Å².